The standard InChI is InChI=1S/C20H34O4/c1-2-3-4-5-6-7-8-9-12-15-18(21)19(22)16-13-10-11-14-17-20(23)24/h6-7,9-10,12-13,18-19,21-22H,2-5,8,11,14-17H2,1H3,(H,23,24)/b7-6-,12-9-,13-10-/t18-,19+/m0/s1. The van der Waals surface area contributed by atoms with E-state index in [0.717, 1.165) is 12.8 Å². The van der Waals surface area contributed by atoms with Crippen LogP contribution >= 0.6 is 0 Å². The first-order valence-corrected chi connectivity index (χ1v) is 9.10. The number of aliphatic hydroxyl groups excluding tert-OH is 2. The van der Waals surface area contributed by atoms with E-state index in [1.165, 1.54) is 19.3 Å². The highest BCUT2D eigenvalue weighted by molar-refractivity contribution is 5.66. The molecule has 4 heteroatoms. The van der Waals surface area contributed by atoms with Crippen molar-refractivity contribution in [3.63, 3.8) is 0 Å². The van der Waals surface area contributed by atoms with Gasteiger partial charge in [-0.25, -0.2) is 0 Å². The smallest absolute Gasteiger partial charge is 0.303 e. The quantitative estimate of drug-likeness (QED) is 0.306. The van der Waals surface area contributed by atoms with E-state index in [-0.39, 0.29) is 6.42 Å². The van der Waals surface area contributed by atoms with Gasteiger partial charge in [0.05, 0.1) is 12.2 Å². The van der Waals surface area contributed by atoms with Crippen molar-refractivity contribution in [2.75, 3.05) is 0 Å². The minimum absolute atomic E-state index is 0.160. The molecule has 0 aromatic rings. The summed E-state index contributed by atoms with van der Waals surface area (Å²) in [7, 11) is 0. The maximum Gasteiger partial charge on any atom is 0.303 e. The Balaban J connectivity index is 3.70. The molecule has 4 nitrogen and oxygen atoms in total. The molecule has 0 radical (unpaired) electrons. The van der Waals surface area contributed by atoms with Gasteiger partial charge in [-0.05, 0) is 44.9 Å². The van der Waals surface area contributed by atoms with Gasteiger partial charge in [0.1, 0.15) is 0 Å². The third-order valence-electron chi connectivity index (χ3n) is 3.71. The number of rotatable bonds is 15. The lowest BCUT2D eigenvalue weighted by Gasteiger charge is -2.14. The summed E-state index contributed by atoms with van der Waals surface area (Å²) in [5.74, 6) is -0.790. The molecule has 0 aromatic heterocycles. The molecule has 0 saturated carbocycles. The van der Waals surface area contributed by atoms with Crippen LogP contribution in [0.3, 0.4) is 0 Å². The maximum atomic E-state index is 10.3. The van der Waals surface area contributed by atoms with Gasteiger partial charge in [-0.2, -0.15) is 0 Å². The van der Waals surface area contributed by atoms with Crippen molar-refractivity contribution < 1.29 is 20.1 Å². The van der Waals surface area contributed by atoms with Crippen molar-refractivity contribution >= 4 is 5.97 Å². The topological polar surface area (TPSA) is 77.8 Å². The zero-order valence-electron chi connectivity index (χ0n) is 14.9. The summed E-state index contributed by atoms with van der Waals surface area (Å²) in [4.78, 5) is 10.3. The van der Waals surface area contributed by atoms with Crippen molar-refractivity contribution in [1.82, 2.24) is 0 Å². The molecule has 24 heavy (non-hydrogen) atoms. The van der Waals surface area contributed by atoms with E-state index < -0.39 is 18.2 Å². The summed E-state index contributed by atoms with van der Waals surface area (Å²) in [5, 5.41) is 28.2. The molecule has 0 rings (SSSR count). The molecule has 0 unspecified atom stereocenters. The van der Waals surface area contributed by atoms with Crippen LogP contribution < -0.4 is 0 Å². The number of unbranched alkanes of at least 4 members (excludes halogenated alkanes) is 4. The van der Waals surface area contributed by atoms with Gasteiger partial charge >= 0.3 is 5.97 Å². The van der Waals surface area contributed by atoms with Crippen LogP contribution in [0.15, 0.2) is 36.5 Å². The van der Waals surface area contributed by atoms with Gasteiger partial charge in [0.25, 0.3) is 0 Å². The van der Waals surface area contributed by atoms with E-state index in [1.807, 2.05) is 18.2 Å². The first-order chi connectivity index (χ1) is 11.6. The number of aliphatic carboxylic acids is 1. The van der Waals surface area contributed by atoms with Gasteiger partial charge in [-0.1, -0.05) is 56.2 Å². The van der Waals surface area contributed by atoms with Crippen LogP contribution in [-0.2, 0) is 4.79 Å². The Morgan fingerprint density at radius 1 is 0.833 bits per heavy atom. The highest BCUT2D eigenvalue weighted by atomic mass is 16.4. The van der Waals surface area contributed by atoms with Crippen LogP contribution in [0.25, 0.3) is 0 Å². The highest BCUT2D eigenvalue weighted by Gasteiger charge is 2.12. The van der Waals surface area contributed by atoms with Crippen molar-refractivity contribution in [1.29, 1.82) is 0 Å². The van der Waals surface area contributed by atoms with Gasteiger partial charge in [0.2, 0.25) is 0 Å². The van der Waals surface area contributed by atoms with Crippen LogP contribution in [0.4, 0.5) is 0 Å². The third-order valence-corrected chi connectivity index (χ3v) is 3.71. The largest absolute Gasteiger partial charge is 0.481 e. The Labute approximate surface area is 146 Å². The Morgan fingerprint density at radius 3 is 2.00 bits per heavy atom. The molecule has 0 saturated heterocycles. The molecule has 2 atom stereocenters. The summed E-state index contributed by atoms with van der Waals surface area (Å²) in [6, 6.07) is 0. The van der Waals surface area contributed by atoms with Crippen LogP contribution in [0, 0.1) is 0 Å². The first-order valence-electron chi connectivity index (χ1n) is 9.10. The monoisotopic (exact) mass is 338 g/mol. The average Bonchev–Trinajstić information content (AvgIpc) is 2.55. The van der Waals surface area contributed by atoms with Gasteiger partial charge in [0.15, 0.2) is 0 Å². The lowest BCUT2D eigenvalue weighted by atomic mass is 10.1. The number of carbonyl (C=O) groups is 1. The maximum absolute atomic E-state index is 10.3. The SMILES string of the molecule is CCCCC/C=C\C/C=C\C[C@H](O)[C@H](O)C/C=C\CCCC(=O)O. The zero-order chi connectivity index (χ0) is 18.0. The van der Waals surface area contributed by atoms with Crippen molar-refractivity contribution in [2.24, 2.45) is 0 Å². The first kappa shape index (κ1) is 22.6. The lowest BCUT2D eigenvalue weighted by Crippen LogP contribution is -2.24. The Hall–Kier alpha value is -1.39. The van der Waals surface area contributed by atoms with Crippen molar-refractivity contribution in [2.45, 2.75) is 83.3 Å². The minimum Gasteiger partial charge on any atom is -0.481 e. The molecule has 0 aliphatic heterocycles. The predicted molar refractivity (Wildman–Crippen MR) is 98.9 cm³/mol. The number of hydrogen-bond acceptors (Lipinski definition) is 3. The Bertz CT molecular complexity index is 385. The number of hydrogen-bond donors (Lipinski definition) is 3. The van der Waals surface area contributed by atoms with Crippen LogP contribution in [0.1, 0.15) is 71.1 Å². The summed E-state index contributed by atoms with van der Waals surface area (Å²) in [6.45, 7) is 2.20. The molecule has 0 fully saturated rings. The fourth-order valence-corrected chi connectivity index (χ4v) is 2.18. The molecule has 0 aromatic carbocycles. The van der Waals surface area contributed by atoms with E-state index in [4.69, 9.17) is 5.11 Å². The van der Waals surface area contributed by atoms with E-state index >= 15 is 0 Å². The molecule has 0 spiro atoms. The fraction of sp³-hybridized carbons (Fsp3) is 0.650. The number of aliphatic hydroxyl groups is 2. The lowest BCUT2D eigenvalue weighted by molar-refractivity contribution is -0.137. The number of carboxylic acids is 1. The van der Waals surface area contributed by atoms with E-state index in [1.54, 1.807) is 6.08 Å². The van der Waals surface area contributed by atoms with Crippen LogP contribution in [0.2, 0.25) is 0 Å². The molecule has 0 bridgehead atoms. The molecular formula is C20H34O4. The molecule has 0 aliphatic carbocycles. The summed E-state index contributed by atoms with van der Waals surface area (Å²) in [5.41, 5.74) is 0. The average molecular weight is 338 g/mol. The van der Waals surface area contributed by atoms with Crippen molar-refractivity contribution in [3.8, 4) is 0 Å². The molecule has 3 N–H and O–H groups in total. The van der Waals surface area contributed by atoms with Gasteiger partial charge < -0.3 is 15.3 Å². The fourth-order valence-electron chi connectivity index (χ4n) is 2.18. The van der Waals surface area contributed by atoms with Crippen LogP contribution in [0.5, 0.6) is 0 Å². The van der Waals surface area contributed by atoms with E-state index in [2.05, 4.69) is 19.1 Å². The minimum atomic E-state index is -0.790. The van der Waals surface area contributed by atoms with E-state index in [9.17, 15) is 15.0 Å². The predicted octanol–water partition coefficient (Wildman–Crippen LogP) is 4.38. The summed E-state index contributed by atoms with van der Waals surface area (Å²) >= 11 is 0. The summed E-state index contributed by atoms with van der Waals surface area (Å²) < 4.78 is 0. The molecule has 138 valence electrons. The van der Waals surface area contributed by atoms with E-state index in [0.29, 0.717) is 25.7 Å². The number of allylic oxidation sites excluding steroid dienone is 4. The van der Waals surface area contributed by atoms with Gasteiger partial charge in [-0.3, -0.25) is 4.79 Å². The molecule has 0 amide bonds. The second-order valence-corrected chi connectivity index (χ2v) is 6.04. The van der Waals surface area contributed by atoms with Gasteiger partial charge in [-0.15, -0.1) is 0 Å². The zero-order valence-corrected chi connectivity index (χ0v) is 14.9. The third kappa shape index (κ3) is 15.5. The molecular weight excluding hydrogens is 304 g/mol. The van der Waals surface area contributed by atoms with Crippen LogP contribution in [-0.4, -0.2) is 33.5 Å². The van der Waals surface area contributed by atoms with Crippen molar-refractivity contribution in [3.05, 3.63) is 36.5 Å². The summed E-state index contributed by atoms with van der Waals surface area (Å²) in [6.07, 6.45) is 18.4. The number of carboxylic acid groups (broad SMARTS) is 1. The van der Waals surface area contributed by atoms with Gasteiger partial charge in [0, 0.05) is 6.42 Å². The second kappa shape index (κ2) is 16.5. The normalized spacial score (nSPS) is 14.8. The molecule has 0 aliphatic rings. The highest BCUT2D eigenvalue weighted by Crippen LogP contribution is 2.07. The second-order valence-electron chi connectivity index (χ2n) is 6.04. The Kier molecular flexibility index (Phi) is 15.5. The molecule has 0 heterocycles. The Morgan fingerprint density at radius 2 is 1.38 bits per heavy atom.